The summed E-state index contributed by atoms with van der Waals surface area (Å²) in [4.78, 5) is 3.53. The van der Waals surface area contributed by atoms with Crippen molar-refractivity contribution in [1.29, 1.82) is 0 Å². The van der Waals surface area contributed by atoms with E-state index in [0.717, 1.165) is 16.9 Å². The lowest BCUT2D eigenvalue weighted by Crippen LogP contribution is -2.15. The number of fused-ring (bicyclic) bond motifs is 1. The Labute approximate surface area is 146 Å². The van der Waals surface area contributed by atoms with Crippen LogP contribution in [0, 0.1) is 0 Å². The van der Waals surface area contributed by atoms with Gasteiger partial charge in [-0.2, -0.15) is 13.2 Å². The first-order valence-corrected chi connectivity index (χ1v) is 9.34. The minimum Gasteiger partial charge on any atom is -0.316 e. The molecule has 0 aliphatic rings. The number of imidazole rings is 1. The molecule has 1 aromatic heterocycles. The summed E-state index contributed by atoms with van der Waals surface area (Å²) >= 11 is 5.89. The van der Waals surface area contributed by atoms with E-state index in [2.05, 4.69) is 4.98 Å². The molecule has 25 heavy (non-hydrogen) atoms. The van der Waals surface area contributed by atoms with Gasteiger partial charge in [0.2, 0.25) is 5.82 Å². The molecule has 0 unspecified atom stereocenters. The van der Waals surface area contributed by atoms with Crippen molar-refractivity contribution in [1.82, 2.24) is 9.55 Å². The predicted octanol–water partition coefficient (Wildman–Crippen LogP) is 4.16. The lowest BCUT2D eigenvalue weighted by atomic mass is 10.2. The summed E-state index contributed by atoms with van der Waals surface area (Å²) in [6.07, 6.45) is -3.69. The van der Waals surface area contributed by atoms with Crippen LogP contribution in [0.4, 0.5) is 13.2 Å². The number of rotatable bonds is 3. The molecule has 0 fully saturated rings. The molecule has 0 bridgehead atoms. The number of benzene rings is 2. The average molecular weight is 389 g/mol. The van der Waals surface area contributed by atoms with Gasteiger partial charge in [0.05, 0.1) is 15.9 Å². The molecule has 0 amide bonds. The predicted molar refractivity (Wildman–Crippen MR) is 88.4 cm³/mol. The molecule has 0 aliphatic carbocycles. The maximum absolute atomic E-state index is 13.4. The highest BCUT2D eigenvalue weighted by Gasteiger charge is 2.37. The molecular weight excluding hydrogens is 377 g/mol. The van der Waals surface area contributed by atoms with Crippen LogP contribution in [0.1, 0.15) is 11.4 Å². The van der Waals surface area contributed by atoms with Crippen molar-refractivity contribution in [2.75, 3.05) is 6.26 Å². The summed E-state index contributed by atoms with van der Waals surface area (Å²) in [6, 6.07) is 10.2. The molecule has 0 spiro atoms. The van der Waals surface area contributed by atoms with Crippen LogP contribution in [0.3, 0.4) is 0 Å². The molecule has 132 valence electrons. The molecule has 0 aliphatic heterocycles. The molecule has 9 heteroatoms. The normalized spacial score (nSPS) is 12.7. The molecule has 0 saturated heterocycles. The van der Waals surface area contributed by atoms with Crippen LogP contribution in [-0.4, -0.2) is 24.2 Å². The van der Waals surface area contributed by atoms with Crippen LogP contribution in [0.25, 0.3) is 11.0 Å². The molecule has 0 atom stereocenters. The maximum Gasteiger partial charge on any atom is 0.449 e. The van der Waals surface area contributed by atoms with E-state index < -0.39 is 21.8 Å². The fourth-order valence-corrected chi connectivity index (χ4v) is 3.39. The number of alkyl halides is 3. The Morgan fingerprint density at radius 1 is 1.16 bits per heavy atom. The summed E-state index contributed by atoms with van der Waals surface area (Å²) in [5.74, 6) is -1.09. The number of nitrogens with zero attached hydrogens (tertiary/aromatic N) is 2. The Balaban J connectivity index is 2.21. The highest BCUT2D eigenvalue weighted by Crippen LogP contribution is 2.33. The summed E-state index contributed by atoms with van der Waals surface area (Å²) in [7, 11) is -3.55. The summed E-state index contributed by atoms with van der Waals surface area (Å²) in [6.45, 7) is -0.0931. The highest BCUT2D eigenvalue weighted by molar-refractivity contribution is 7.90. The average Bonchev–Trinajstić information content (AvgIpc) is 2.84. The molecule has 3 rings (SSSR count). The quantitative estimate of drug-likeness (QED) is 0.677. The highest BCUT2D eigenvalue weighted by atomic mass is 35.5. The molecule has 4 nitrogen and oxygen atoms in total. The van der Waals surface area contributed by atoms with Gasteiger partial charge in [-0.15, -0.1) is 0 Å². The van der Waals surface area contributed by atoms with Gasteiger partial charge in [0.15, 0.2) is 9.84 Å². The van der Waals surface area contributed by atoms with Gasteiger partial charge >= 0.3 is 6.18 Å². The lowest BCUT2D eigenvalue weighted by molar-refractivity contribution is -0.146. The molecular formula is C16H12ClF3N2O2S. The van der Waals surface area contributed by atoms with Crippen molar-refractivity contribution in [3.63, 3.8) is 0 Å². The third-order valence-corrected chi connectivity index (χ3v) is 4.98. The topological polar surface area (TPSA) is 52.0 Å². The van der Waals surface area contributed by atoms with Crippen LogP contribution in [0.15, 0.2) is 47.4 Å². The Bertz CT molecular complexity index is 1060. The van der Waals surface area contributed by atoms with E-state index >= 15 is 0 Å². The van der Waals surface area contributed by atoms with Gasteiger partial charge < -0.3 is 4.57 Å². The zero-order valence-corrected chi connectivity index (χ0v) is 14.5. The molecule has 0 N–H and O–H groups in total. The maximum atomic E-state index is 13.4. The van der Waals surface area contributed by atoms with Crippen molar-refractivity contribution >= 4 is 32.5 Å². The number of aromatic nitrogens is 2. The zero-order valence-electron chi connectivity index (χ0n) is 12.9. The Morgan fingerprint density at radius 3 is 2.48 bits per heavy atom. The van der Waals surface area contributed by atoms with E-state index in [1.165, 1.54) is 12.1 Å². The molecule has 3 aromatic rings. The Morgan fingerprint density at radius 2 is 1.88 bits per heavy atom. The van der Waals surface area contributed by atoms with Crippen LogP contribution in [-0.2, 0) is 22.6 Å². The second-order valence-electron chi connectivity index (χ2n) is 5.57. The standard InChI is InChI=1S/C16H12ClF3N2O2S/c1-25(23,24)12-5-6-14-13(8-12)21-15(16(18,19)20)22(14)9-10-3-2-4-11(17)7-10/h2-8H,9H2,1H3. The smallest absolute Gasteiger partial charge is 0.316 e. The fourth-order valence-electron chi connectivity index (χ4n) is 2.53. The van der Waals surface area contributed by atoms with Crippen molar-refractivity contribution < 1.29 is 21.6 Å². The van der Waals surface area contributed by atoms with Gasteiger partial charge in [0.1, 0.15) is 0 Å². The minimum absolute atomic E-state index is 0.0303. The number of hydrogen-bond donors (Lipinski definition) is 0. The van der Waals surface area contributed by atoms with Crippen LogP contribution in [0.2, 0.25) is 5.02 Å². The van der Waals surface area contributed by atoms with E-state index in [-0.39, 0.29) is 22.5 Å². The van der Waals surface area contributed by atoms with E-state index in [9.17, 15) is 21.6 Å². The number of sulfone groups is 1. The van der Waals surface area contributed by atoms with E-state index in [0.29, 0.717) is 10.6 Å². The molecule has 2 aromatic carbocycles. The van der Waals surface area contributed by atoms with Gasteiger partial charge in [-0.1, -0.05) is 23.7 Å². The van der Waals surface area contributed by atoms with Gasteiger partial charge in [-0.3, -0.25) is 0 Å². The third kappa shape index (κ3) is 3.64. The van der Waals surface area contributed by atoms with Gasteiger partial charge in [0, 0.05) is 17.8 Å². The Hall–Kier alpha value is -2.06. The monoisotopic (exact) mass is 388 g/mol. The third-order valence-electron chi connectivity index (χ3n) is 3.63. The SMILES string of the molecule is CS(=O)(=O)c1ccc2c(c1)nc(C(F)(F)F)n2Cc1cccc(Cl)c1. The minimum atomic E-state index is -4.68. The van der Waals surface area contributed by atoms with Crippen molar-refractivity contribution in [2.24, 2.45) is 0 Å². The molecule has 1 heterocycles. The van der Waals surface area contributed by atoms with E-state index in [4.69, 9.17) is 11.6 Å². The van der Waals surface area contributed by atoms with Crippen LogP contribution < -0.4 is 0 Å². The lowest BCUT2D eigenvalue weighted by Gasteiger charge is -2.12. The van der Waals surface area contributed by atoms with E-state index in [1.54, 1.807) is 24.3 Å². The van der Waals surface area contributed by atoms with Gasteiger partial charge in [-0.05, 0) is 35.9 Å². The zero-order chi connectivity index (χ0) is 18.4. The Kier molecular flexibility index (Phi) is 4.28. The first-order chi connectivity index (χ1) is 11.6. The van der Waals surface area contributed by atoms with Crippen molar-refractivity contribution in [3.05, 3.63) is 58.9 Å². The molecule has 0 radical (unpaired) electrons. The van der Waals surface area contributed by atoms with Crippen molar-refractivity contribution in [3.8, 4) is 0 Å². The fraction of sp³-hybridized carbons (Fsp3) is 0.188. The summed E-state index contributed by atoms with van der Waals surface area (Å²) in [5.41, 5.74) is 0.737. The van der Waals surface area contributed by atoms with Crippen molar-refractivity contribution in [2.45, 2.75) is 17.6 Å². The van der Waals surface area contributed by atoms with Gasteiger partial charge in [0.25, 0.3) is 0 Å². The summed E-state index contributed by atoms with van der Waals surface area (Å²) < 4.78 is 64.4. The van der Waals surface area contributed by atoms with E-state index in [1.807, 2.05) is 0 Å². The second kappa shape index (κ2) is 6.03. The van der Waals surface area contributed by atoms with Crippen LogP contribution >= 0.6 is 11.6 Å². The number of halogens is 4. The second-order valence-corrected chi connectivity index (χ2v) is 8.02. The largest absolute Gasteiger partial charge is 0.449 e. The first-order valence-electron chi connectivity index (χ1n) is 7.08. The summed E-state index contributed by atoms with van der Waals surface area (Å²) in [5, 5.41) is 0.412. The first kappa shape index (κ1) is 17.8. The molecule has 0 saturated carbocycles. The van der Waals surface area contributed by atoms with Crippen LogP contribution in [0.5, 0.6) is 0 Å². The van der Waals surface area contributed by atoms with Gasteiger partial charge in [-0.25, -0.2) is 13.4 Å². The number of hydrogen-bond acceptors (Lipinski definition) is 3.